The van der Waals surface area contributed by atoms with Crippen molar-refractivity contribution in [2.45, 2.75) is 39.7 Å². The number of aryl methyl sites for hydroxylation is 1. The van der Waals surface area contributed by atoms with Crippen LogP contribution >= 0.6 is 12.2 Å². The van der Waals surface area contributed by atoms with Crippen LogP contribution in [0.2, 0.25) is 0 Å². The largest absolute Gasteiger partial charge is 0.329 e. The van der Waals surface area contributed by atoms with Crippen LogP contribution in [0.4, 0.5) is 0 Å². The lowest BCUT2D eigenvalue weighted by atomic mass is 10.1. The lowest BCUT2D eigenvalue weighted by molar-refractivity contribution is 0.511. The van der Waals surface area contributed by atoms with Gasteiger partial charge in [-0.3, -0.25) is 0 Å². The molecule has 2 aromatic rings. The van der Waals surface area contributed by atoms with E-state index in [2.05, 4.69) is 29.5 Å². The monoisotopic (exact) mass is 273 g/mol. The molecule has 0 spiro atoms. The maximum atomic E-state index is 9.10. The molecule has 0 saturated heterocycles. The number of nitrogens with one attached hydrogen (secondary N) is 1. The Bertz CT molecular complexity index is 658. The topological polar surface area (TPSA) is 44.5 Å². The molecular formula is C15H19N3S. The van der Waals surface area contributed by atoms with E-state index in [-0.39, 0.29) is 0 Å². The predicted octanol–water partition coefficient (Wildman–Crippen LogP) is 4.40. The summed E-state index contributed by atoms with van der Waals surface area (Å²) < 4.78 is 2.81. The first-order valence-corrected chi connectivity index (χ1v) is 7.16. The van der Waals surface area contributed by atoms with Crippen LogP contribution in [0.3, 0.4) is 0 Å². The van der Waals surface area contributed by atoms with E-state index in [1.807, 2.05) is 18.2 Å². The molecule has 1 heterocycles. The lowest BCUT2D eigenvalue weighted by Crippen LogP contribution is -1.99. The summed E-state index contributed by atoms with van der Waals surface area (Å²) in [6.45, 7) is 5.41. The van der Waals surface area contributed by atoms with Gasteiger partial charge in [0.2, 0.25) is 0 Å². The third-order valence-electron chi connectivity index (χ3n) is 3.34. The van der Waals surface area contributed by atoms with Gasteiger partial charge in [-0.25, -0.2) is 0 Å². The molecule has 0 fully saturated rings. The minimum atomic E-state index is 0.657. The third-order valence-corrected chi connectivity index (χ3v) is 3.67. The molecule has 0 bridgehead atoms. The second-order valence-corrected chi connectivity index (χ2v) is 5.67. The second-order valence-electron chi connectivity index (χ2n) is 5.28. The number of nitrogens with zero attached hydrogens (tertiary/aromatic N) is 2. The molecule has 0 amide bonds. The fraction of sp³-hybridized carbons (Fsp3) is 0.467. The molecule has 4 heteroatoms. The van der Waals surface area contributed by atoms with Crippen molar-refractivity contribution < 1.29 is 0 Å². The Morgan fingerprint density at radius 3 is 2.84 bits per heavy atom. The van der Waals surface area contributed by atoms with Gasteiger partial charge in [0, 0.05) is 6.54 Å². The fourth-order valence-corrected chi connectivity index (χ4v) is 2.61. The number of benzene rings is 1. The van der Waals surface area contributed by atoms with Crippen molar-refractivity contribution in [3.63, 3.8) is 0 Å². The Hall–Kier alpha value is -1.60. The van der Waals surface area contributed by atoms with Crippen LogP contribution in [-0.4, -0.2) is 9.55 Å². The fourth-order valence-electron chi connectivity index (χ4n) is 2.32. The van der Waals surface area contributed by atoms with E-state index < -0.39 is 0 Å². The van der Waals surface area contributed by atoms with Crippen LogP contribution in [-0.2, 0) is 6.54 Å². The molecule has 0 aliphatic carbocycles. The Morgan fingerprint density at radius 1 is 1.37 bits per heavy atom. The molecule has 0 atom stereocenters. The number of rotatable bonds is 5. The molecule has 19 heavy (non-hydrogen) atoms. The standard InChI is InChI=1S/C15H19N3S/c1-11(2)6-3-4-9-18-13-8-5-7-12(10-16)14(13)17-15(18)19/h5,7-8,11H,3-4,6,9H2,1-2H3,(H,17,19). The number of hydrogen-bond donors (Lipinski definition) is 1. The van der Waals surface area contributed by atoms with Crippen LogP contribution in [0.1, 0.15) is 38.7 Å². The number of fused-ring (bicyclic) bond motifs is 1. The van der Waals surface area contributed by atoms with Gasteiger partial charge >= 0.3 is 0 Å². The zero-order valence-corrected chi connectivity index (χ0v) is 12.3. The van der Waals surface area contributed by atoms with Crippen molar-refractivity contribution in [1.82, 2.24) is 9.55 Å². The van der Waals surface area contributed by atoms with Gasteiger partial charge in [-0.2, -0.15) is 5.26 Å². The van der Waals surface area contributed by atoms with Crippen molar-refractivity contribution >= 4 is 23.3 Å². The average molecular weight is 273 g/mol. The van der Waals surface area contributed by atoms with Gasteiger partial charge in [-0.1, -0.05) is 32.8 Å². The summed E-state index contributed by atoms with van der Waals surface area (Å²) in [5, 5.41) is 9.10. The zero-order valence-electron chi connectivity index (χ0n) is 11.4. The number of imidazole rings is 1. The van der Waals surface area contributed by atoms with Crippen molar-refractivity contribution in [3.05, 3.63) is 28.5 Å². The number of para-hydroxylation sites is 1. The number of nitriles is 1. The van der Waals surface area contributed by atoms with E-state index in [1.165, 1.54) is 12.8 Å². The van der Waals surface area contributed by atoms with Gasteiger partial charge < -0.3 is 9.55 Å². The molecule has 0 saturated carbocycles. The Balaban J connectivity index is 2.22. The van der Waals surface area contributed by atoms with Crippen LogP contribution in [0.25, 0.3) is 11.0 Å². The van der Waals surface area contributed by atoms with E-state index in [0.29, 0.717) is 10.3 Å². The van der Waals surface area contributed by atoms with E-state index in [0.717, 1.165) is 29.9 Å². The molecule has 100 valence electrons. The quantitative estimate of drug-likeness (QED) is 0.648. The van der Waals surface area contributed by atoms with Crippen molar-refractivity contribution in [2.75, 3.05) is 0 Å². The highest BCUT2D eigenvalue weighted by Gasteiger charge is 2.07. The smallest absolute Gasteiger partial charge is 0.178 e. The number of aromatic amines is 1. The van der Waals surface area contributed by atoms with E-state index >= 15 is 0 Å². The third kappa shape index (κ3) is 3.05. The molecule has 0 aliphatic heterocycles. The first-order chi connectivity index (χ1) is 9.13. The molecule has 0 unspecified atom stereocenters. The summed E-state index contributed by atoms with van der Waals surface area (Å²) in [5.74, 6) is 0.751. The second kappa shape index (κ2) is 6.03. The molecule has 1 aromatic heterocycles. The summed E-state index contributed by atoms with van der Waals surface area (Å²) >= 11 is 5.36. The van der Waals surface area contributed by atoms with Gasteiger partial charge in [0.1, 0.15) is 6.07 Å². The van der Waals surface area contributed by atoms with Gasteiger partial charge in [-0.15, -0.1) is 0 Å². The zero-order chi connectivity index (χ0) is 13.8. The molecule has 3 nitrogen and oxygen atoms in total. The van der Waals surface area contributed by atoms with Gasteiger partial charge in [0.15, 0.2) is 4.77 Å². The van der Waals surface area contributed by atoms with E-state index in [4.69, 9.17) is 17.5 Å². The predicted molar refractivity (Wildman–Crippen MR) is 80.5 cm³/mol. The van der Waals surface area contributed by atoms with Gasteiger partial charge in [-0.05, 0) is 36.7 Å². The van der Waals surface area contributed by atoms with Crippen LogP contribution in [0.15, 0.2) is 18.2 Å². The van der Waals surface area contributed by atoms with Crippen molar-refractivity contribution in [3.8, 4) is 6.07 Å². The number of H-pyrrole nitrogens is 1. The summed E-state index contributed by atoms with van der Waals surface area (Å²) in [6, 6.07) is 7.95. The van der Waals surface area contributed by atoms with Crippen LogP contribution in [0.5, 0.6) is 0 Å². The summed E-state index contributed by atoms with van der Waals surface area (Å²) in [7, 11) is 0. The molecule has 2 rings (SSSR count). The van der Waals surface area contributed by atoms with Crippen molar-refractivity contribution in [1.29, 1.82) is 5.26 Å². The first-order valence-electron chi connectivity index (χ1n) is 6.75. The Kier molecular flexibility index (Phi) is 4.39. The minimum Gasteiger partial charge on any atom is -0.329 e. The Labute approximate surface area is 118 Å². The van der Waals surface area contributed by atoms with Crippen LogP contribution < -0.4 is 0 Å². The number of hydrogen-bond acceptors (Lipinski definition) is 2. The highest BCUT2D eigenvalue weighted by atomic mass is 32.1. The van der Waals surface area contributed by atoms with Gasteiger partial charge in [0.05, 0.1) is 16.6 Å². The SMILES string of the molecule is CC(C)CCCCn1c(=S)[nH]c2c(C#N)cccc21. The maximum Gasteiger partial charge on any atom is 0.178 e. The summed E-state index contributed by atoms with van der Waals surface area (Å²) in [4.78, 5) is 3.15. The molecule has 0 radical (unpaired) electrons. The maximum absolute atomic E-state index is 9.10. The summed E-state index contributed by atoms with van der Waals surface area (Å²) in [6.07, 6.45) is 3.58. The molecular weight excluding hydrogens is 254 g/mol. The molecule has 1 N–H and O–H groups in total. The van der Waals surface area contributed by atoms with Crippen molar-refractivity contribution in [2.24, 2.45) is 5.92 Å². The minimum absolute atomic E-state index is 0.657. The van der Waals surface area contributed by atoms with E-state index in [1.54, 1.807) is 0 Å². The Morgan fingerprint density at radius 2 is 2.16 bits per heavy atom. The number of aromatic nitrogens is 2. The molecule has 0 aliphatic rings. The van der Waals surface area contributed by atoms with E-state index in [9.17, 15) is 0 Å². The summed E-state index contributed by atoms with van der Waals surface area (Å²) in [5.41, 5.74) is 2.55. The normalized spacial score (nSPS) is 11.1. The highest BCUT2D eigenvalue weighted by Crippen LogP contribution is 2.19. The molecule has 1 aromatic carbocycles. The van der Waals surface area contributed by atoms with Crippen LogP contribution in [0, 0.1) is 22.0 Å². The number of unbranched alkanes of at least 4 members (excludes halogenated alkanes) is 1. The average Bonchev–Trinajstić information content (AvgIpc) is 2.70. The highest BCUT2D eigenvalue weighted by molar-refractivity contribution is 7.71. The lowest BCUT2D eigenvalue weighted by Gasteiger charge is -2.06. The first kappa shape index (κ1) is 13.8. The van der Waals surface area contributed by atoms with Gasteiger partial charge in [0.25, 0.3) is 0 Å².